The molecule has 0 aromatic rings. The van der Waals surface area contributed by atoms with Gasteiger partial charge in [0.2, 0.25) is 0 Å². The van der Waals surface area contributed by atoms with Gasteiger partial charge in [0.05, 0.1) is 27.7 Å². The molecule has 2 unspecified atom stereocenters. The normalized spacial score (nSPS) is 14.0. The Morgan fingerprint density at radius 3 is 1.04 bits per heavy atom. The van der Waals surface area contributed by atoms with Crippen LogP contribution < -0.4 is 4.89 Å². The quantitative estimate of drug-likeness (QED) is 0.0195. The smallest absolute Gasteiger partial charge is 0.306 e. The summed E-state index contributed by atoms with van der Waals surface area (Å²) in [5.41, 5.74) is 0. The third kappa shape index (κ3) is 65.6. The maximum absolute atomic E-state index is 12.8. The first kappa shape index (κ1) is 78.4. The number of phosphoric acid groups is 1. The zero-order valence-corrected chi connectivity index (χ0v) is 54.3. The van der Waals surface area contributed by atoms with Crippen molar-refractivity contribution in [2.45, 2.75) is 277 Å². The second-order valence-electron chi connectivity index (χ2n) is 23.1. The van der Waals surface area contributed by atoms with Crippen molar-refractivity contribution in [1.82, 2.24) is 0 Å². The molecule has 0 aromatic heterocycles. The molecule has 0 amide bonds. The van der Waals surface area contributed by atoms with Crippen LogP contribution in [0.4, 0.5) is 0 Å². The zero-order chi connectivity index (χ0) is 59.8. The molecule has 0 bridgehead atoms. The van der Waals surface area contributed by atoms with Gasteiger partial charge in [0, 0.05) is 12.8 Å². The van der Waals surface area contributed by atoms with Gasteiger partial charge >= 0.3 is 11.9 Å². The van der Waals surface area contributed by atoms with E-state index in [4.69, 9.17) is 18.5 Å². The number of phosphoric ester groups is 1. The molecular formula is C72H124NO8P. The maximum atomic E-state index is 12.8. The van der Waals surface area contributed by atoms with Crippen LogP contribution in [0.15, 0.2) is 122 Å². The summed E-state index contributed by atoms with van der Waals surface area (Å²) in [6.07, 6.45) is 88.3. The van der Waals surface area contributed by atoms with Gasteiger partial charge in [-0.05, 0) is 109 Å². The van der Waals surface area contributed by atoms with Crippen LogP contribution in [0.2, 0.25) is 0 Å². The number of carbonyl (C=O) groups is 2. The highest BCUT2D eigenvalue weighted by molar-refractivity contribution is 7.45. The van der Waals surface area contributed by atoms with Crippen molar-refractivity contribution in [2.75, 3.05) is 47.5 Å². The van der Waals surface area contributed by atoms with Gasteiger partial charge in [-0.15, -0.1) is 0 Å². The highest BCUT2D eigenvalue weighted by Gasteiger charge is 2.22. The number of esters is 2. The van der Waals surface area contributed by atoms with Gasteiger partial charge < -0.3 is 27.9 Å². The second kappa shape index (κ2) is 62.0. The number of ether oxygens (including phenoxy) is 2. The van der Waals surface area contributed by atoms with E-state index in [0.717, 1.165) is 116 Å². The summed E-state index contributed by atoms with van der Waals surface area (Å²) in [5.74, 6) is -0.852. The first-order valence-corrected chi connectivity index (χ1v) is 34.7. The summed E-state index contributed by atoms with van der Waals surface area (Å²) >= 11 is 0. The van der Waals surface area contributed by atoms with Gasteiger partial charge in [0.1, 0.15) is 19.8 Å². The van der Waals surface area contributed by atoms with Gasteiger partial charge in [-0.2, -0.15) is 0 Å². The van der Waals surface area contributed by atoms with Gasteiger partial charge in [0.25, 0.3) is 7.82 Å². The number of likely N-dealkylation sites (N-methyl/N-ethyl adjacent to an activating group) is 1. The van der Waals surface area contributed by atoms with Gasteiger partial charge in [-0.1, -0.05) is 270 Å². The van der Waals surface area contributed by atoms with E-state index in [-0.39, 0.29) is 32.0 Å². The topological polar surface area (TPSA) is 111 Å². The van der Waals surface area contributed by atoms with Crippen molar-refractivity contribution in [3.05, 3.63) is 122 Å². The lowest BCUT2D eigenvalue weighted by atomic mass is 10.0. The van der Waals surface area contributed by atoms with Gasteiger partial charge in [-0.25, -0.2) is 0 Å². The number of rotatable bonds is 60. The molecule has 0 radical (unpaired) electrons. The number of allylic oxidation sites excluding steroid dienone is 20. The molecule has 0 aliphatic rings. The Bertz CT molecular complexity index is 1800. The molecule has 0 saturated heterocycles. The third-order valence-corrected chi connectivity index (χ3v) is 14.9. The van der Waals surface area contributed by atoms with E-state index in [0.29, 0.717) is 17.4 Å². The lowest BCUT2D eigenvalue weighted by molar-refractivity contribution is -0.870. The third-order valence-electron chi connectivity index (χ3n) is 14.0. The minimum absolute atomic E-state index is 0.0396. The molecule has 0 rings (SSSR count). The lowest BCUT2D eigenvalue weighted by Gasteiger charge is -2.28. The van der Waals surface area contributed by atoms with E-state index >= 15 is 0 Å². The van der Waals surface area contributed by atoms with Crippen molar-refractivity contribution in [3.63, 3.8) is 0 Å². The summed E-state index contributed by atoms with van der Waals surface area (Å²) < 4.78 is 34.3. The largest absolute Gasteiger partial charge is 0.756 e. The fourth-order valence-electron chi connectivity index (χ4n) is 8.88. The fraction of sp³-hybridized carbons (Fsp3) is 0.694. The number of quaternary nitrogens is 1. The zero-order valence-electron chi connectivity index (χ0n) is 53.4. The summed E-state index contributed by atoms with van der Waals surface area (Å²) in [5, 5.41) is 0. The van der Waals surface area contributed by atoms with E-state index < -0.39 is 26.5 Å². The van der Waals surface area contributed by atoms with Crippen LogP contribution in [0.1, 0.15) is 271 Å². The highest BCUT2D eigenvalue weighted by Crippen LogP contribution is 2.38. The number of unbranched alkanes of at least 4 members (excludes halogenated alkanes) is 26. The predicted molar refractivity (Wildman–Crippen MR) is 351 cm³/mol. The number of hydrogen-bond donors (Lipinski definition) is 0. The van der Waals surface area contributed by atoms with Crippen LogP contribution in [0.25, 0.3) is 0 Å². The van der Waals surface area contributed by atoms with Crippen LogP contribution in [0, 0.1) is 0 Å². The standard InChI is InChI=1S/C72H124NO8P/c1-6-8-10-12-14-16-18-20-22-24-26-28-30-32-34-35-36-37-39-41-43-45-47-49-51-53-55-57-59-61-63-65-72(75)81-70(69-80-82(76,77)79-67-66-73(3,4)5)68-78-71(74)64-62-60-58-56-54-52-50-48-46-44-42-40-38-33-31-29-27-25-23-21-19-17-15-13-11-9-7-2/h8,10,14,16,19-22,25-28,32,34,36-37,41,43,47,49,70H,6-7,9,11-13,15,17-18,23-24,29-31,33,35,38-40,42,44-46,48,50-69H2,1-5H3/b10-8-,16-14-,21-19-,22-20-,27-25-,28-26-,34-32-,37-36-,43-41-,49-47-. The Kier molecular flexibility index (Phi) is 59.2. The molecule has 0 N–H and O–H groups in total. The Balaban J connectivity index is 4.16. The van der Waals surface area contributed by atoms with Crippen LogP contribution in [-0.2, 0) is 32.7 Å². The molecule has 82 heavy (non-hydrogen) atoms. The summed E-state index contributed by atoms with van der Waals surface area (Å²) in [7, 11) is 1.14. The van der Waals surface area contributed by atoms with Crippen molar-refractivity contribution < 1.29 is 42.1 Å². The number of hydrogen-bond acceptors (Lipinski definition) is 8. The summed E-state index contributed by atoms with van der Waals surface area (Å²) in [6, 6.07) is 0. The Morgan fingerprint density at radius 2 is 0.695 bits per heavy atom. The summed E-state index contributed by atoms with van der Waals surface area (Å²) in [6.45, 7) is 4.11. The van der Waals surface area contributed by atoms with Crippen LogP contribution in [0.3, 0.4) is 0 Å². The van der Waals surface area contributed by atoms with Crippen molar-refractivity contribution >= 4 is 19.8 Å². The molecular weight excluding hydrogens is 1040 g/mol. The van der Waals surface area contributed by atoms with E-state index in [9.17, 15) is 19.0 Å². The molecule has 0 fully saturated rings. The van der Waals surface area contributed by atoms with Crippen molar-refractivity contribution in [1.29, 1.82) is 0 Å². The van der Waals surface area contributed by atoms with E-state index in [2.05, 4.69) is 135 Å². The SMILES string of the molecule is CC/C=C\C/C=C\C/C=C\C/C=C\C/C=C\C/C=C\C/C=C\C/C=C\CCCCCCCCC(=O)OC(COC(=O)CCCCCCCCCCCCCCCCC/C=C\C/C=C\CCCCCCC)COP(=O)([O-])OCC[N+](C)(C)C. The average Bonchev–Trinajstić information content (AvgIpc) is 3.46. The van der Waals surface area contributed by atoms with E-state index in [1.807, 2.05) is 21.1 Å². The monoisotopic (exact) mass is 1160 g/mol. The molecule has 0 spiro atoms. The Labute approximate surface area is 505 Å². The second-order valence-corrected chi connectivity index (χ2v) is 24.5. The van der Waals surface area contributed by atoms with Crippen molar-refractivity contribution in [2.24, 2.45) is 0 Å². The fourth-order valence-corrected chi connectivity index (χ4v) is 9.61. The van der Waals surface area contributed by atoms with Crippen molar-refractivity contribution in [3.8, 4) is 0 Å². The summed E-state index contributed by atoms with van der Waals surface area (Å²) in [4.78, 5) is 38.0. The van der Waals surface area contributed by atoms with E-state index in [1.54, 1.807) is 0 Å². The molecule has 0 aromatic carbocycles. The predicted octanol–water partition coefficient (Wildman–Crippen LogP) is 20.9. The molecule has 10 heteroatoms. The lowest BCUT2D eigenvalue weighted by Crippen LogP contribution is -2.37. The molecule has 2 atom stereocenters. The molecule has 9 nitrogen and oxygen atoms in total. The van der Waals surface area contributed by atoms with Gasteiger partial charge in [0.15, 0.2) is 6.10 Å². The van der Waals surface area contributed by atoms with E-state index in [1.165, 1.54) is 122 Å². The highest BCUT2D eigenvalue weighted by atomic mass is 31.2. The first-order chi connectivity index (χ1) is 40.0. The Hall–Kier alpha value is -3.59. The molecule has 470 valence electrons. The molecule has 0 heterocycles. The first-order valence-electron chi connectivity index (χ1n) is 33.2. The minimum Gasteiger partial charge on any atom is -0.756 e. The van der Waals surface area contributed by atoms with Crippen LogP contribution in [-0.4, -0.2) is 70.0 Å². The Morgan fingerprint density at radius 1 is 0.390 bits per heavy atom. The molecule has 0 aliphatic carbocycles. The molecule has 0 saturated carbocycles. The number of carbonyl (C=O) groups excluding carboxylic acids is 2. The van der Waals surface area contributed by atoms with Gasteiger partial charge in [-0.3, -0.25) is 14.2 Å². The average molecular weight is 1160 g/mol. The number of nitrogens with zero attached hydrogens (tertiary/aromatic N) is 1. The maximum Gasteiger partial charge on any atom is 0.306 e. The minimum atomic E-state index is -4.65. The van der Waals surface area contributed by atoms with Crippen LogP contribution in [0.5, 0.6) is 0 Å². The van der Waals surface area contributed by atoms with Crippen LogP contribution >= 0.6 is 7.82 Å². The molecule has 0 aliphatic heterocycles.